The molecule has 0 spiro atoms. The molecule has 2 aromatic heterocycles. The van der Waals surface area contributed by atoms with Gasteiger partial charge in [-0.1, -0.05) is 16.8 Å². The lowest BCUT2D eigenvalue weighted by Gasteiger charge is -2.05. The first kappa shape index (κ1) is 17.7. The van der Waals surface area contributed by atoms with E-state index in [1.165, 1.54) is 24.4 Å². The zero-order chi connectivity index (χ0) is 18.5. The molecule has 0 bridgehead atoms. The number of hydrogen-bond acceptors (Lipinski definition) is 7. The highest BCUT2D eigenvalue weighted by atomic mass is 35.5. The number of anilines is 1. The van der Waals surface area contributed by atoms with Crippen molar-refractivity contribution in [3.05, 3.63) is 63.4 Å². The maximum atomic E-state index is 12.9. The number of rotatable bonds is 7. The van der Waals surface area contributed by atoms with E-state index in [4.69, 9.17) is 16.1 Å². The van der Waals surface area contributed by atoms with Gasteiger partial charge in [-0.3, -0.25) is 10.1 Å². The van der Waals surface area contributed by atoms with Gasteiger partial charge in [0.1, 0.15) is 5.82 Å². The van der Waals surface area contributed by atoms with Crippen LogP contribution in [0, 0.1) is 15.9 Å². The van der Waals surface area contributed by atoms with Gasteiger partial charge < -0.3 is 9.84 Å². The van der Waals surface area contributed by atoms with Gasteiger partial charge >= 0.3 is 5.69 Å². The second-order valence-electron chi connectivity index (χ2n) is 5.33. The van der Waals surface area contributed by atoms with Crippen LogP contribution in [0.25, 0.3) is 11.4 Å². The van der Waals surface area contributed by atoms with Crippen LogP contribution in [-0.4, -0.2) is 26.6 Å². The summed E-state index contributed by atoms with van der Waals surface area (Å²) in [5.74, 6) is 0.609. The predicted octanol–water partition coefficient (Wildman–Crippen LogP) is 3.88. The van der Waals surface area contributed by atoms with Crippen LogP contribution in [0.4, 0.5) is 15.9 Å². The highest BCUT2D eigenvalue weighted by molar-refractivity contribution is 6.30. The van der Waals surface area contributed by atoms with Crippen LogP contribution >= 0.6 is 11.6 Å². The number of nitrogens with one attached hydrogen (secondary N) is 1. The second kappa shape index (κ2) is 7.87. The molecule has 0 unspecified atom stereocenters. The van der Waals surface area contributed by atoms with E-state index >= 15 is 0 Å². The van der Waals surface area contributed by atoms with Crippen molar-refractivity contribution in [2.75, 3.05) is 11.9 Å². The number of hydrogen-bond donors (Lipinski definition) is 1. The second-order valence-corrected chi connectivity index (χ2v) is 5.76. The summed E-state index contributed by atoms with van der Waals surface area (Å²) in [5, 5.41) is 17.9. The van der Waals surface area contributed by atoms with Crippen LogP contribution in [0.2, 0.25) is 5.02 Å². The van der Waals surface area contributed by atoms with Crippen molar-refractivity contribution in [2.45, 2.75) is 12.8 Å². The van der Waals surface area contributed by atoms with E-state index < -0.39 is 4.92 Å². The minimum Gasteiger partial charge on any atom is -0.364 e. The third kappa shape index (κ3) is 4.31. The Balaban J connectivity index is 1.55. The number of pyridine rings is 1. The topological polar surface area (TPSA) is 107 Å². The first-order valence-corrected chi connectivity index (χ1v) is 8.03. The minimum atomic E-state index is -0.547. The number of aryl methyl sites for hydroxylation is 1. The summed E-state index contributed by atoms with van der Waals surface area (Å²) in [6.07, 6.45) is 2.40. The Kier molecular flexibility index (Phi) is 5.37. The molecule has 2 heterocycles. The van der Waals surface area contributed by atoms with Crippen molar-refractivity contribution in [2.24, 2.45) is 0 Å². The SMILES string of the molecule is O=[N+]([O-])c1cc(Cl)cnc1NCCCc1nc(-c2ccc(F)cc2)no1. The first-order chi connectivity index (χ1) is 12.5. The van der Waals surface area contributed by atoms with Gasteiger partial charge in [0.2, 0.25) is 17.5 Å². The standard InChI is InChI=1S/C16H13ClFN5O3/c17-11-8-13(23(24)25)16(20-9-11)19-7-1-2-14-21-15(22-26-14)10-3-5-12(18)6-4-10/h3-6,8-9H,1-2,7H2,(H,19,20). The molecule has 0 saturated carbocycles. The minimum absolute atomic E-state index is 0.150. The lowest BCUT2D eigenvalue weighted by atomic mass is 10.2. The van der Waals surface area contributed by atoms with Gasteiger partial charge in [0.25, 0.3) is 0 Å². The van der Waals surface area contributed by atoms with Crippen LogP contribution in [0.5, 0.6) is 0 Å². The average molecular weight is 378 g/mol. The molecule has 0 radical (unpaired) electrons. The molecule has 1 N–H and O–H groups in total. The molecule has 0 aliphatic heterocycles. The lowest BCUT2D eigenvalue weighted by Crippen LogP contribution is -2.07. The van der Waals surface area contributed by atoms with E-state index in [-0.39, 0.29) is 22.3 Å². The molecule has 10 heteroatoms. The Labute approximate surface area is 152 Å². The van der Waals surface area contributed by atoms with Gasteiger partial charge in [-0.2, -0.15) is 4.98 Å². The first-order valence-electron chi connectivity index (χ1n) is 7.65. The van der Waals surface area contributed by atoms with Crippen molar-refractivity contribution in [1.82, 2.24) is 15.1 Å². The molecule has 26 heavy (non-hydrogen) atoms. The summed E-state index contributed by atoms with van der Waals surface area (Å²) < 4.78 is 18.1. The zero-order valence-electron chi connectivity index (χ0n) is 13.4. The number of benzene rings is 1. The number of halogens is 2. The number of nitrogens with zero attached hydrogens (tertiary/aromatic N) is 4. The van der Waals surface area contributed by atoms with Crippen LogP contribution < -0.4 is 5.32 Å². The molecule has 8 nitrogen and oxygen atoms in total. The van der Waals surface area contributed by atoms with Gasteiger partial charge in [0, 0.05) is 30.8 Å². The quantitative estimate of drug-likeness (QED) is 0.378. The summed E-state index contributed by atoms with van der Waals surface area (Å²) in [5.41, 5.74) is 0.467. The van der Waals surface area contributed by atoms with Crippen molar-refractivity contribution < 1.29 is 13.8 Å². The predicted molar refractivity (Wildman–Crippen MR) is 92.4 cm³/mol. The van der Waals surface area contributed by atoms with Gasteiger partial charge in [0.05, 0.1) is 9.95 Å². The van der Waals surface area contributed by atoms with E-state index in [1.807, 2.05) is 0 Å². The van der Waals surface area contributed by atoms with Crippen molar-refractivity contribution in [3.63, 3.8) is 0 Å². The maximum Gasteiger partial charge on any atom is 0.312 e. The highest BCUT2D eigenvalue weighted by Gasteiger charge is 2.15. The molecule has 134 valence electrons. The number of nitro groups is 1. The molecule has 3 aromatic rings. The molecular weight excluding hydrogens is 365 g/mol. The van der Waals surface area contributed by atoms with Crippen LogP contribution in [0.1, 0.15) is 12.3 Å². The molecule has 1 aromatic carbocycles. The summed E-state index contributed by atoms with van der Waals surface area (Å²) in [6, 6.07) is 7.01. The summed E-state index contributed by atoms with van der Waals surface area (Å²) in [7, 11) is 0. The molecule has 0 fully saturated rings. The van der Waals surface area contributed by atoms with Crippen LogP contribution in [0.15, 0.2) is 41.1 Å². The molecule has 0 saturated heterocycles. The van der Waals surface area contributed by atoms with Gasteiger partial charge in [-0.15, -0.1) is 0 Å². The fourth-order valence-electron chi connectivity index (χ4n) is 2.22. The van der Waals surface area contributed by atoms with Gasteiger partial charge in [0.15, 0.2) is 0 Å². The molecule has 3 rings (SSSR count). The maximum absolute atomic E-state index is 12.9. The molecule has 0 aliphatic carbocycles. The number of aromatic nitrogens is 3. The van der Waals surface area contributed by atoms with Gasteiger partial charge in [-0.05, 0) is 30.7 Å². The Morgan fingerprint density at radius 1 is 1.31 bits per heavy atom. The fourth-order valence-corrected chi connectivity index (χ4v) is 2.38. The molecular formula is C16H13ClFN5O3. The lowest BCUT2D eigenvalue weighted by molar-refractivity contribution is -0.384. The Morgan fingerprint density at radius 3 is 2.81 bits per heavy atom. The van der Waals surface area contributed by atoms with Crippen LogP contribution in [-0.2, 0) is 6.42 Å². The van der Waals surface area contributed by atoms with Gasteiger partial charge in [-0.25, -0.2) is 9.37 Å². The van der Waals surface area contributed by atoms with E-state index in [2.05, 4.69) is 20.4 Å². The normalized spacial score (nSPS) is 10.7. The van der Waals surface area contributed by atoms with E-state index in [1.54, 1.807) is 12.1 Å². The van der Waals surface area contributed by atoms with Crippen molar-refractivity contribution in [3.8, 4) is 11.4 Å². The monoisotopic (exact) mass is 377 g/mol. The third-order valence-electron chi connectivity index (χ3n) is 3.46. The van der Waals surface area contributed by atoms with Crippen molar-refractivity contribution in [1.29, 1.82) is 0 Å². The Hall–Kier alpha value is -3.07. The highest BCUT2D eigenvalue weighted by Crippen LogP contribution is 2.25. The van der Waals surface area contributed by atoms with E-state index in [0.717, 1.165) is 0 Å². The summed E-state index contributed by atoms with van der Waals surface area (Å²) >= 11 is 5.72. The smallest absolute Gasteiger partial charge is 0.312 e. The average Bonchev–Trinajstić information content (AvgIpc) is 3.09. The third-order valence-corrected chi connectivity index (χ3v) is 3.67. The Morgan fingerprint density at radius 2 is 2.08 bits per heavy atom. The summed E-state index contributed by atoms with van der Waals surface area (Å²) in [4.78, 5) is 18.6. The van der Waals surface area contributed by atoms with Crippen LogP contribution in [0.3, 0.4) is 0 Å². The van der Waals surface area contributed by atoms with E-state index in [0.29, 0.717) is 36.7 Å². The fraction of sp³-hybridized carbons (Fsp3) is 0.188. The van der Waals surface area contributed by atoms with Crippen molar-refractivity contribution >= 4 is 23.1 Å². The Bertz CT molecular complexity index is 917. The molecule has 0 atom stereocenters. The summed E-state index contributed by atoms with van der Waals surface area (Å²) in [6.45, 7) is 0.420. The largest absolute Gasteiger partial charge is 0.364 e. The molecule has 0 aliphatic rings. The van der Waals surface area contributed by atoms with E-state index in [9.17, 15) is 14.5 Å². The zero-order valence-corrected chi connectivity index (χ0v) is 14.1. The molecule has 0 amide bonds.